The fraction of sp³-hybridized carbons (Fsp3) is 0.240. The number of anilines is 1. The molecule has 9 heteroatoms. The van der Waals surface area contributed by atoms with E-state index in [0.29, 0.717) is 22.7 Å². The summed E-state index contributed by atoms with van der Waals surface area (Å²) in [4.78, 5) is 12.8. The molecular weight excluding hydrogens is 459 g/mol. The van der Waals surface area contributed by atoms with E-state index in [-0.39, 0.29) is 24.1 Å². The minimum atomic E-state index is -3.70. The second-order valence-electron chi connectivity index (χ2n) is 7.71. The Balaban J connectivity index is 1.80. The number of hydrogen-bond donors (Lipinski definition) is 1. The quantitative estimate of drug-likeness (QED) is 0.488. The Bertz CT molecular complexity index is 1260. The Morgan fingerprint density at radius 2 is 1.71 bits per heavy atom. The summed E-state index contributed by atoms with van der Waals surface area (Å²) in [6.45, 7) is 1.66. The Morgan fingerprint density at radius 3 is 2.29 bits per heavy atom. The maximum Gasteiger partial charge on any atom is 0.251 e. The van der Waals surface area contributed by atoms with Crippen molar-refractivity contribution in [2.75, 3.05) is 24.8 Å². The number of hydrogen-bond acceptors (Lipinski definition) is 5. The lowest BCUT2D eigenvalue weighted by molar-refractivity contribution is 0.0939. The van der Waals surface area contributed by atoms with Gasteiger partial charge in [0.05, 0.1) is 38.7 Å². The summed E-state index contributed by atoms with van der Waals surface area (Å²) < 4.78 is 50.6. The topological polar surface area (TPSA) is 84.9 Å². The molecule has 0 radical (unpaired) electrons. The summed E-state index contributed by atoms with van der Waals surface area (Å²) in [5, 5.41) is 2.91. The molecule has 180 valence electrons. The van der Waals surface area contributed by atoms with E-state index in [1.54, 1.807) is 44.6 Å². The molecule has 1 amide bonds. The zero-order valence-electron chi connectivity index (χ0n) is 19.4. The molecule has 1 N–H and O–H groups in total. The molecule has 0 saturated carbocycles. The highest BCUT2D eigenvalue weighted by Gasteiger charge is 2.21. The summed E-state index contributed by atoms with van der Waals surface area (Å²) in [6.07, 6.45) is 1.05. The average Bonchev–Trinajstić information content (AvgIpc) is 2.82. The van der Waals surface area contributed by atoms with Gasteiger partial charge in [-0.15, -0.1) is 0 Å². The first-order valence-corrected chi connectivity index (χ1v) is 12.3. The summed E-state index contributed by atoms with van der Waals surface area (Å²) in [5.41, 5.74) is 1.66. The molecule has 0 saturated heterocycles. The van der Waals surface area contributed by atoms with Gasteiger partial charge in [-0.25, -0.2) is 12.8 Å². The van der Waals surface area contributed by atoms with Crippen LogP contribution in [0, 0.1) is 5.82 Å². The Hall–Kier alpha value is -3.59. The summed E-state index contributed by atoms with van der Waals surface area (Å²) >= 11 is 0. The first-order valence-electron chi connectivity index (χ1n) is 10.5. The minimum absolute atomic E-state index is 0.163. The molecule has 7 nitrogen and oxygen atoms in total. The van der Waals surface area contributed by atoms with Crippen LogP contribution in [0.5, 0.6) is 11.5 Å². The van der Waals surface area contributed by atoms with Gasteiger partial charge in [0, 0.05) is 16.7 Å². The van der Waals surface area contributed by atoms with E-state index in [1.165, 1.54) is 36.4 Å². The van der Waals surface area contributed by atoms with Gasteiger partial charge in [0.1, 0.15) is 17.3 Å². The predicted molar refractivity (Wildman–Crippen MR) is 129 cm³/mol. The first-order chi connectivity index (χ1) is 16.1. The average molecular weight is 487 g/mol. The predicted octanol–water partition coefficient (Wildman–Crippen LogP) is 4.30. The van der Waals surface area contributed by atoms with Crippen molar-refractivity contribution in [1.29, 1.82) is 0 Å². The van der Waals surface area contributed by atoms with Crippen molar-refractivity contribution in [3.05, 3.63) is 89.2 Å². The Kier molecular flexibility index (Phi) is 7.78. The van der Waals surface area contributed by atoms with E-state index in [1.807, 2.05) is 6.92 Å². The van der Waals surface area contributed by atoms with E-state index in [9.17, 15) is 17.6 Å². The number of methoxy groups -OCH3 is 2. The number of sulfonamides is 1. The molecule has 1 atom stereocenters. The van der Waals surface area contributed by atoms with Crippen molar-refractivity contribution in [3.63, 3.8) is 0 Å². The van der Waals surface area contributed by atoms with E-state index in [2.05, 4.69) is 5.32 Å². The minimum Gasteiger partial charge on any atom is -0.497 e. The maximum absolute atomic E-state index is 14.1. The molecule has 0 aliphatic carbocycles. The van der Waals surface area contributed by atoms with Gasteiger partial charge >= 0.3 is 0 Å². The molecule has 0 spiro atoms. The fourth-order valence-corrected chi connectivity index (χ4v) is 4.37. The fourth-order valence-electron chi connectivity index (χ4n) is 3.50. The third-order valence-electron chi connectivity index (χ3n) is 5.34. The molecule has 3 rings (SSSR count). The molecule has 1 unspecified atom stereocenters. The van der Waals surface area contributed by atoms with E-state index in [4.69, 9.17) is 9.47 Å². The smallest absolute Gasteiger partial charge is 0.251 e. The van der Waals surface area contributed by atoms with Gasteiger partial charge in [-0.1, -0.05) is 18.2 Å². The standard InChI is InChI=1S/C25H27FN2O5S/c1-17(22-15-21(32-2)13-14-24(22)33-3)27-25(29)18-9-11-20(12-10-18)28(34(4,30)31)16-19-7-5-6-8-23(19)26/h5-15,17H,16H2,1-4H3,(H,27,29). The van der Waals surface area contributed by atoms with Crippen LogP contribution < -0.4 is 19.1 Å². The van der Waals surface area contributed by atoms with Crippen LogP contribution in [-0.2, 0) is 16.6 Å². The number of ether oxygens (including phenoxy) is 2. The van der Waals surface area contributed by atoms with Crippen molar-refractivity contribution in [1.82, 2.24) is 5.32 Å². The van der Waals surface area contributed by atoms with Crippen LogP contribution in [0.1, 0.15) is 34.5 Å². The second-order valence-corrected chi connectivity index (χ2v) is 9.62. The number of carbonyl (C=O) groups is 1. The number of rotatable bonds is 9. The third-order valence-corrected chi connectivity index (χ3v) is 6.48. The third kappa shape index (κ3) is 5.85. The van der Waals surface area contributed by atoms with Gasteiger partial charge in [0.2, 0.25) is 10.0 Å². The Morgan fingerprint density at radius 1 is 1.03 bits per heavy atom. The molecule has 0 aliphatic heterocycles. The zero-order valence-corrected chi connectivity index (χ0v) is 20.2. The van der Waals surface area contributed by atoms with Crippen LogP contribution in [0.15, 0.2) is 66.7 Å². The molecular formula is C25H27FN2O5S. The van der Waals surface area contributed by atoms with Crippen LogP contribution >= 0.6 is 0 Å². The van der Waals surface area contributed by atoms with Gasteiger partial charge in [-0.05, 0) is 55.5 Å². The first kappa shape index (κ1) is 25.0. The number of nitrogens with one attached hydrogen (secondary N) is 1. The van der Waals surface area contributed by atoms with Crippen molar-refractivity contribution < 1.29 is 27.1 Å². The Labute approximate surface area is 199 Å². The maximum atomic E-state index is 14.1. The van der Waals surface area contributed by atoms with Crippen molar-refractivity contribution in [3.8, 4) is 11.5 Å². The van der Waals surface area contributed by atoms with E-state index < -0.39 is 15.8 Å². The molecule has 34 heavy (non-hydrogen) atoms. The number of amides is 1. The lowest BCUT2D eigenvalue weighted by Gasteiger charge is -2.23. The summed E-state index contributed by atoms with van der Waals surface area (Å²) in [5.74, 6) is 0.413. The van der Waals surface area contributed by atoms with E-state index in [0.717, 1.165) is 16.1 Å². The lowest BCUT2D eigenvalue weighted by Crippen LogP contribution is -2.30. The molecule has 0 aliphatic rings. The highest BCUT2D eigenvalue weighted by atomic mass is 32.2. The van der Waals surface area contributed by atoms with Crippen LogP contribution in [0.3, 0.4) is 0 Å². The number of halogens is 1. The van der Waals surface area contributed by atoms with Crippen molar-refractivity contribution >= 4 is 21.6 Å². The highest BCUT2D eigenvalue weighted by Crippen LogP contribution is 2.29. The molecule has 0 aromatic heterocycles. The van der Waals surface area contributed by atoms with Crippen LogP contribution in [0.25, 0.3) is 0 Å². The normalized spacial score (nSPS) is 12.0. The van der Waals surface area contributed by atoms with Gasteiger partial charge in [-0.2, -0.15) is 0 Å². The molecule has 0 heterocycles. The van der Waals surface area contributed by atoms with Crippen molar-refractivity contribution in [2.45, 2.75) is 19.5 Å². The number of benzene rings is 3. The van der Waals surface area contributed by atoms with Gasteiger partial charge < -0.3 is 14.8 Å². The molecule has 3 aromatic rings. The van der Waals surface area contributed by atoms with Gasteiger partial charge in [0.15, 0.2) is 0 Å². The number of nitrogens with zero attached hydrogens (tertiary/aromatic N) is 1. The highest BCUT2D eigenvalue weighted by molar-refractivity contribution is 7.92. The zero-order chi connectivity index (χ0) is 24.9. The van der Waals surface area contributed by atoms with Crippen LogP contribution in [0.4, 0.5) is 10.1 Å². The summed E-state index contributed by atoms with van der Waals surface area (Å²) in [7, 11) is -0.588. The largest absolute Gasteiger partial charge is 0.497 e. The second kappa shape index (κ2) is 10.6. The monoisotopic (exact) mass is 486 g/mol. The van der Waals surface area contributed by atoms with E-state index >= 15 is 0 Å². The lowest BCUT2D eigenvalue weighted by atomic mass is 10.1. The van der Waals surface area contributed by atoms with Crippen molar-refractivity contribution in [2.24, 2.45) is 0 Å². The van der Waals surface area contributed by atoms with Gasteiger partial charge in [-0.3, -0.25) is 9.10 Å². The molecule has 0 fully saturated rings. The summed E-state index contributed by atoms with van der Waals surface area (Å²) in [6, 6.07) is 17.0. The number of carbonyl (C=O) groups excluding carboxylic acids is 1. The SMILES string of the molecule is COc1ccc(OC)c(C(C)NC(=O)c2ccc(N(Cc3ccccc3F)S(C)(=O)=O)cc2)c1. The van der Waals surface area contributed by atoms with Gasteiger partial charge in [0.25, 0.3) is 5.91 Å². The molecule has 0 bridgehead atoms. The van der Waals surface area contributed by atoms with Crippen LogP contribution in [-0.4, -0.2) is 34.8 Å². The molecule has 3 aromatic carbocycles. The van der Waals surface area contributed by atoms with Crippen LogP contribution in [0.2, 0.25) is 0 Å².